The summed E-state index contributed by atoms with van der Waals surface area (Å²) in [6.45, 7) is 1.98. The van der Waals surface area contributed by atoms with Crippen LogP contribution in [0.2, 0.25) is 0 Å². The van der Waals surface area contributed by atoms with E-state index in [1.165, 1.54) is 51.4 Å². The fraction of sp³-hybridized carbons (Fsp3) is 0.514. The van der Waals surface area contributed by atoms with E-state index in [0.29, 0.717) is 12.8 Å². The first-order valence-corrected chi connectivity index (χ1v) is 17.2. The molecule has 0 saturated heterocycles. The van der Waals surface area contributed by atoms with Gasteiger partial charge in [0.2, 0.25) is 5.91 Å². The second-order valence-corrected chi connectivity index (χ2v) is 12.1. The maximum Gasteiger partial charge on any atom is 0.469 e. The summed E-state index contributed by atoms with van der Waals surface area (Å²) in [6.07, 6.45) is 21.0. The predicted molar refractivity (Wildman–Crippen MR) is 172 cm³/mol. The first-order chi connectivity index (χ1) is 20.4. The molecule has 0 spiro atoms. The summed E-state index contributed by atoms with van der Waals surface area (Å²) in [7, 11) is -4.64. The molecule has 6 nitrogen and oxygen atoms in total. The Hall–Kier alpha value is -2.68. The molecule has 1 atom stereocenters. The lowest BCUT2D eigenvalue weighted by molar-refractivity contribution is -0.122. The minimum atomic E-state index is -4.64. The second kappa shape index (κ2) is 21.9. The SMILES string of the molecule is CCCCCCCCC=CCCCCCCCC(=O)N[C@@H](COP(=O)(O)O)Cc1ccc(C#Cc2ccccc2)cc1. The topological polar surface area (TPSA) is 95.9 Å². The van der Waals surface area contributed by atoms with E-state index in [1.807, 2.05) is 54.6 Å². The van der Waals surface area contributed by atoms with Crippen LogP contribution in [0.1, 0.15) is 114 Å². The van der Waals surface area contributed by atoms with Crippen molar-refractivity contribution in [2.24, 2.45) is 0 Å². The van der Waals surface area contributed by atoms with Gasteiger partial charge in [0.15, 0.2) is 0 Å². The number of hydrogen-bond donors (Lipinski definition) is 3. The number of phosphoric acid groups is 1. The van der Waals surface area contributed by atoms with Gasteiger partial charge >= 0.3 is 7.82 Å². The van der Waals surface area contributed by atoms with Gasteiger partial charge in [0.05, 0.1) is 12.6 Å². The van der Waals surface area contributed by atoms with Crippen molar-refractivity contribution in [1.82, 2.24) is 5.32 Å². The second-order valence-electron chi connectivity index (χ2n) is 10.9. The van der Waals surface area contributed by atoms with Crippen LogP contribution in [0.25, 0.3) is 0 Å². The predicted octanol–water partition coefficient (Wildman–Crippen LogP) is 8.26. The number of amides is 1. The van der Waals surface area contributed by atoms with Crippen LogP contribution in [0, 0.1) is 11.8 Å². The molecule has 2 aromatic carbocycles. The Kier molecular flexibility index (Phi) is 18.6. The van der Waals surface area contributed by atoms with Gasteiger partial charge in [-0.1, -0.05) is 113 Å². The minimum Gasteiger partial charge on any atom is -0.351 e. The number of allylic oxidation sites excluding steroid dienone is 2. The molecule has 42 heavy (non-hydrogen) atoms. The number of rotatable bonds is 21. The molecular weight excluding hydrogens is 545 g/mol. The molecule has 0 aliphatic heterocycles. The van der Waals surface area contributed by atoms with Crippen molar-refractivity contribution in [3.63, 3.8) is 0 Å². The molecule has 3 N–H and O–H groups in total. The molecule has 0 heterocycles. The van der Waals surface area contributed by atoms with E-state index in [2.05, 4.69) is 36.2 Å². The standard InChI is InChI=1S/C35H50NO5P/c1-2-3-4-5-6-7-8-9-10-11-12-13-14-15-19-22-35(37)36-34(30-41-42(38,39)40)29-33-27-25-32(26-28-33)24-23-31-20-17-16-18-21-31/h9-10,16-18,20-21,25-28,34H,2-8,11-15,19,22,29-30H2,1H3,(H,36,37)(H2,38,39,40)/t34-/m1/s1. The van der Waals surface area contributed by atoms with Crippen LogP contribution in [0.3, 0.4) is 0 Å². The molecule has 0 bridgehead atoms. The summed E-state index contributed by atoms with van der Waals surface area (Å²) in [5.74, 6) is 6.12. The molecule has 0 aromatic heterocycles. The number of benzene rings is 2. The van der Waals surface area contributed by atoms with E-state index in [0.717, 1.165) is 48.8 Å². The van der Waals surface area contributed by atoms with Crippen molar-refractivity contribution in [1.29, 1.82) is 0 Å². The first kappa shape index (κ1) is 35.5. The molecule has 0 radical (unpaired) electrons. The highest BCUT2D eigenvalue weighted by Crippen LogP contribution is 2.35. The van der Waals surface area contributed by atoms with Crippen molar-refractivity contribution in [2.45, 2.75) is 109 Å². The lowest BCUT2D eigenvalue weighted by Gasteiger charge is -2.19. The molecule has 1 amide bonds. The smallest absolute Gasteiger partial charge is 0.351 e. The molecule has 2 rings (SSSR count). The molecule has 0 aliphatic rings. The third-order valence-electron chi connectivity index (χ3n) is 7.04. The molecule has 0 fully saturated rings. The Balaban J connectivity index is 1.66. The van der Waals surface area contributed by atoms with Crippen LogP contribution in [0.4, 0.5) is 0 Å². The summed E-state index contributed by atoms with van der Waals surface area (Å²) >= 11 is 0. The summed E-state index contributed by atoms with van der Waals surface area (Å²) in [5, 5.41) is 2.90. The third-order valence-corrected chi connectivity index (χ3v) is 7.52. The molecular formula is C35H50NO5P. The van der Waals surface area contributed by atoms with Crippen LogP contribution in [-0.2, 0) is 20.3 Å². The summed E-state index contributed by atoms with van der Waals surface area (Å²) in [6, 6.07) is 16.8. The molecule has 0 aliphatic carbocycles. The normalized spacial score (nSPS) is 12.2. The fourth-order valence-electron chi connectivity index (χ4n) is 4.67. The largest absolute Gasteiger partial charge is 0.469 e. The maximum absolute atomic E-state index is 12.6. The van der Waals surface area contributed by atoms with E-state index in [4.69, 9.17) is 14.3 Å². The summed E-state index contributed by atoms with van der Waals surface area (Å²) in [5.41, 5.74) is 2.71. The van der Waals surface area contributed by atoms with E-state index in [9.17, 15) is 9.36 Å². The lowest BCUT2D eigenvalue weighted by Crippen LogP contribution is -2.39. The molecule has 0 saturated carbocycles. The molecule has 0 unspecified atom stereocenters. The van der Waals surface area contributed by atoms with Gasteiger partial charge < -0.3 is 15.1 Å². The van der Waals surface area contributed by atoms with Gasteiger partial charge in [0, 0.05) is 17.5 Å². The highest BCUT2D eigenvalue weighted by Gasteiger charge is 2.20. The highest BCUT2D eigenvalue weighted by molar-refractivity contribution is 7.46. The molecule has 7 heteroatoms. The highest BCUT2D eigenvalue weighted by atomic mass is 31.2. The Labute approximate surface area is 253 Å². The first-order valence-electron chi connectivity index (χ1n) is 15.7. The van der Waals surface area contributed by atoms with Crippen LogP contribution in [0.5, 0.6) is 0 Å². The van der Waals surface area contributed by atoms with Crippen LogP contribution >= 0.6 is 7.82 Å². The number of unbranched alkanes of at least 4 members (excludes halogenated alkanes) is 11. The van der Waals surface area contributed by atoms with Crippen molar-refractivity contribution in [3.8, 4) is 11.8 Å². The number of phosphoric ester groups is 1. The number of carbonyl (C=O) groups excluding carboxylic acids is 1. The van der Waals surface area contributed by atoms with Crippen LogP contribution in [-0.4, -0.2) is 28.3 Å². The van der Waals surface area contributed by atoms with E-state index < -0.39 is 13.9 Å². The Bertz CT molecular complexity index is 1130. The quantitative estimate of drug-likeness (QED) is 0.0584. The van der Waals surface area contributed by atoms with E-state index in [1.54, 1.807) is 0 Å². The Morgan fingerprint density at radius 1 is 0.810 bits per heavy atom. The average molecular weight is 596 g/mol. The van der Waals surface area contributed by atoms with E-state index in [-0.39, 0.29) is 12.5 Å². The van der Waals surface area contributed by atoms with Gasteiger partial charge in [-0.2, -0.15) is 0 Å². The van der Waals surface area contributed by atoms with Gasteiger partial charge in [0.1, 0.15) is 0 Å². The minimum absolute atomic E-state index is 0.128. The molecule has 230 valence electrons. The number of hydrogen-bond acceptors (Lipinski definition) is 3. The Morgan fingerprint density at radius 2 is 1.36 bits per heavy atom. The average Bonchev–Trinajstić information content (AvgIpc) is 2.97. The monoisotopic (exact) mass is 595 g/mol. The van der Waals surface area contributed by atoms with Gasteiger partial charge in [-0.25, -0.2) is 4.57 Å². The summed E-state index contributed by atoms with van der Waals surface area (Å²) in [4.78, 5) is 30.9. The van der Waals surface area contributed by atoms with Crippen molar-refractivity contribution in [3.05, 3.63) is 83.4 Å². The maximum atomic E-state index is 12.6. The zero-order valence-electron chi connectivity index (χ0n) is 25.3. The van der Waals surface area contributed by atoms with Crippen LogP contribution in [0.15, 0.2) is 66.7 Å². The fourth-order valence-corrected chi connectivity index (χ4v) is 5.04. The van der Waals surface area contributed by atoms with Crippen molar-refractivity contribution >= 4 is 13.7 Å². The van der Waals surface area contributed by atoms with Gasteiger partial charge in [-0.05, 0) is 68.4 Å². The Morgan fingerprint density at radius 3 is 1.95 bits per heavy atom. The van der Waals surface area contributed by atoms with Gasteiger partial charge in [-0.15, -0.1) is 0 Å². The molecule has 2 aromatic rings. The van der Waals surface area contributed by atoms with Crippen molar-refractivity contribution < 1.29 is 23.7 Å². The summed E-state index contributed by atoms with van der Waals surface area (Å²) < 4.78 is 16.0. The van der Waals surface area contributed by atoms with Gasteiger partial charge in [-0.3, -0.25) is 9.32 Å². The lowest BCUT2D eigenvalue weighted by atomic mass is 10.0. The van der Waals surface area contributed by atoms with E-state index >= 15 is 0 Å². The number of nitrogens with one attached hydrogen (secondary N) is 1. The number of carbonyl (C=O) groups is 1. The van der Waals surface area contributed by atoms with Crippen LogP contribution < -0.4 is 5.32 Å². The van der Waals surface area contributed by atoms with Gasteiger partial charge in [0.25, 0.3) is 0 Å². The zero-order chi connectivity index (χ0) is 30.3. The third kappa shape index (κ3) is 18.7. The van der Waals surface area contributed by atoms with Crippen molar-refractivity contribution in [2.75, 3.05) is 6.61 Å². The zero-order valence-corrected chi connectivity index (χ0v) is 26.2.